The fourth-order valence-electron chi connectivity index (χ4n) is 2.06. The summed E-state index contributed by atoms with van der Waals surface area (Å²) in [6, 6.07) is 0.477. The van der Waals surface area contributed by atoms with E-state index in [1.807, 2.05) is 18.9 Å². The van der Waals surface area contributed by atoms with Crippen LogP contribution in [0.15, 0.2) is 0 Å². The molecule has 17 heavy (non-hydrogen) atoms. The van der Waals surface area contributed by atoms with Crippen LogP contribution in [-0.2, 0) is 4.79 Å². The summed E-state index contributed by atoms with van der Waals surface area (Å²) in [5, 5.41) is 3.27. The molecule has 1 aliphatic heterocycles. The molecular formula is C13H27ClN2O. The lowest BCUT2D eigenvalue weighted by Gasteiger charge is -2.37. The molecule has 1 rings (SSSR count). The number of halogens is 1. The Morgan fingerprint density at radius 1 is 1.41 bits per heavy atom. The van der Waals surface area contributed by atoms with Gasteiger partial charge in [-0.1, -0.05) is 27.7 Å². The number of likely N-dealkylation sites (tertiary alicyclic amines) is 1. The Bertz CT molecular complexity index is 250. The van der Waals surface area contributed by atoms with Crippen LogP contribution in [0.5, 0.6) is 0 Å². The molecule has 0 bridgehead atoms. The average Bonchev–Trinajstić information content (AvgIpc) is 2.26. The van der Waals surface area contributed by atoms with Crippen molar-refractivity contribution in [1.29, 1.82) is 0 Å². The molecule has 1 aliphatic rings. The molecule has 0 aliphatic carbocycles. The molecule has 1 N–H and O–H groups in total. The minimum atomic E-state index is 0. The van der Waals surface area contributed by atoms with Gasteiger partial charge in [0.05, 0.1) is 0 Å². The summed E-state index contributed by atoms with van der Waals surface area (Å²) in [6.07, 6.45) is 2.30. The fourth-order valence-corrected chi connectivity index (χ4v) is 2.06. The molecule has 0 saturated carbocycles. The van der Waals surface area contributed by atoms with Crippen molar-refractivity contribution in [2.45, 2.75) is 46.6 Å². The SMILES string of the molecule is CNC1CCCN(C(=O)C(C)C(C)(C)C)C1.Cl. The van der Waals surface area contributed by atoms with E-state index >= 15 is 0 Å². The van der Waals surface area contributed by atoms with Gasteiger partial charge in [-0.2, -0.15) is 0 Å². The summed E-state index contributed by atoms with van der Waals surface area (Å²) in [7, 11) is 1.98. The van der Waals surface area contributed by atoms with Crippen LogP contribution in [0.1, 0.15) is 40.5 Å². The minimum absolute atomic E-state index is 0. The van der Waals surface area contributed by atoms with Crippen LogP contribution in [0.25, 0.3) is 0 Å². The standard InChI is InChI=1S/C13H26N2O.ClH/c1-10(13(2,3)4)12(16)15-8-6-7-11(9-15)14-5;/h10-11,14H,6-9H2,1-5H3;1H. The normalized spacial score (nSPS) is 22.9. The van der Waals surface area contributed by atoms with Crippen LogP contribution in [0, 0.1) is 11.3 Å². The topological polar surface area (TPSA) is 32.3 Å². The third kappa shape index (κ3) is 4.47. The molecular weight excluding hydrogens is 236 g/mol. The van der Waals surface area contributed by atoms with Crippen LogP contribution < -0.4 is 5.32 Å². The molecule has 3 nitrogen and oxygen atoms in total. The highest BCUT2D eigenvalue weighted by Gasteiger charge is 2.32. The Morgan fingerprint density at radius 3 is 2.47 bits per heavy atom. The summed E-state index contributed by atoms with van der Waals surface area (Å²) in [5.41, 5.74) is 0.0592. The number of carbonyl (C=O) groups excluding carboxylic acids is 1. The predicted octanol–water partition coefficient (Wildman–Crippen LogP) is 2.30. The Kier molecular flexibility index (Phi) is 6.49. The lowest BCUT2D eigenvalue weighted by Crippen LogP contribution is -2.50. The van der Waals surface area contributed by atoms with E-state index in [9.17, 15) is 4.79 Å². The highest BCUT2D eigenvalue weighted by Crippen LogP contribution is 2.28. The van der Waals surface area contributed by atoms with Gasteiger partial charge in [-0.3, -0.25) is 4.79 Å². The monoisotopic (exact) mass is 262 g/mol. The van der Waals surface area contributed by atoms with Crippen LogP contribution in [0.2, 0.25) is 0 Å². The summed E-state index contributed by atoms with van der Waals surface area (Å²) in [5.74, 6) is 0.413. The minimum Gasteiger partial charge on any atom is -0.341 e. The van der Waals surface area contributed by atoms with Gasteiger partial charge in [0.25, 0.3) is 0 Å². The maximum absolute atomic E-state index is 12.3. The average molecular weight is 263 g/mol. The maximum atomic E-state index is 12.3. The zero-order chi connectivity index (χ0) is 12.3. The van der Waals surface area contributed by atoms with E-state index in [2.05, 4.69) is 26.1 Å². The lowest BCUT2D eigenvalue weighted by molar-refractivity contribution is -0.139. The Hall–Kier alpha value is -0.280. The van der Waals surface area contributed by atoms with Crippen molar-refractivity contribution < 1.29 is 4.79 Å². The molecule has 1 heterocycles. The second kappa shape index (κ2) is 6.60. The highest BCUT2D eigenvalue weighted by molar-refractivity contribution is 5.85. The van der Waals surface area contributed by atoms with Crippen molar-refractivity contribution in [3.63, 3.8) is 0 Å². The first-order chi connectivity index (χ1) is 7.36. The fraction of sp³-hybridized carbons (Fsp3) is 0.923. The van der Waals surface area contributed by atoms with Gasteiger partial charge in [-0.05, 0) is 25.3 Å². The van der Waals surface area contributed by atoms with Crippen LogP contribution in [0.4, 0.5) is 0 Å². The third-order valence-corrected chi connectivity index (χ3v) is 3.81. The lowest BCUT2D eigenvalue weighted by atomic mass is 9.81. The molecule has 2 atom stereocenters. The van der Waals surface area contributed by atoms with Crippen LogP contribution in [0.3, 0.4) is 0 Å². The number of carbonyl (C=O) groups is 1. The molecule has 102 valence electrons. The highest BCUT2D eigenvalue weighted by atomic mass is 35.5. The number of hydrogen-bond donors (Lipinski definition) is 1. The first-order valence-electron chi connectivity index (χ1n) is 6.32. The largest absolute Gasteiger partial charge is 0.341 e. The summed E-state index contributed by atoms with van der Waals surface area (Å²) in [4.78, 5) is 14.3. The van der Waals surface area contributed by atoms with Crippen molar-refractivity contribution >= 4 is 18.3 Å². The molecule has 4 heteroatoms. The van der Waals surface area contributed by atoms with Gasteiger partial charge in [-0.15, -0.1) is 12.4 Å². The number of amides is 1. The van der Waals surface area contributed by atoms with Gasteiger partial charge in [0, 0.05) is 25.0 Å². The second-order valence-corrected chi connectivity index (χ2v) is 6.00. The Labute approximate surface area is 112 Å². The van der Waals surface area contributed by atoms with Crippen LogP contribution in [-0.4, -0.2) is 37.0 Å². The molecule has 0 spiro atoms. The van der Waals surface area contributed by atoms with Gasteiger partial charge in [0.1, 0.15) is 0 Å². The van der Waals surface area contributed by atoms with E-state index in [1.54, 1.807) is 0 Å². The number of hydrogen-bond acceptors (Lipinski definition) is 2. The van der Waals surface area contributed by atoms with Crippen molar-refractivity contribution in [2.75, 3.05) is 20.1 Å². The number of likely N-dealkylation sites (N-methyl/N-ethyl adjacent to an activating group) is 1. The second-order valence-electron chi connectivity index (χ2n) is 6.00. The summed E-state index contributed by atoms with van der Waals surface area (Å²) < 4.78 is 0. The van der Waals surface area contributed by atoms with Crippen molar-refractivity contribution in [3.05, 3.63) is 0 Å². The van der Waals surface area contributed by atoms with Gasteiger partial charge in [0.15, 0.2) is 0 Å². The molecule has 1 saturated heterocycles. The molecule has 2 unspecified atom stereocenters. The van der Waals surface area contributed by atoms with E-state index in [4.69, 9.17) is 0 Å². The molecule has 0 aromatic rings. The smallest absolute Gasteiger partial charge is 0.225 e. The summed E-state index contributed by atoms with van der Waals surface area (Å²) in [6.45, 7) is 10.2. The molecule has 0 aromatic carbocycles. The maximum Gasteiger partial charge on any atom is 0.225 e. The number of piperidine rings is 1. The van der Waals surface area contributed by atoms with E-state index in [0.717, 1.165) is 19.5 Å². The van der Waals surface area contributed by atoms with Gasteiger partial charge < -0.3 is 10.2 Å². The zero-order valence-electron chi connectivity index (χ0n) is 11.7. The van der Waals surface area contributed by atoms with Crippen molar-refractivity contribution in [3.8, 4) is 0 Å². The quantitative estimate of drug-likeness (QED) is 0.828. The Morgan fingerprint density at radius 2 is 2.00 bits per heavy atom. The van der Waals surface area contributed by atoms with Gasteiger partial charge >= 0.3 is 0 Å². The number of nitrogens with zero attached hydrogens (tertiary/aromatic N) is 1. The first-order valence-corrected chi connectivity index (χ1v) is 6.32. The number of nitrogens with one attached hydrogen (secondary N) is 1. The van der Waals surface area contributed by atoms with Crippen molar-refractivity contribution in [2.24, 2.45) is 11.3 Å². The predicted molar refractivity (Wildman–Crippen MR) is 74.5 cm³/mol. The van der Waals surface area contributed by atoms with E-state index < -0.39 is 0 Å². The third-order valence-electron chi connectivity index (χ3n) is 3.81. The molecule has 0 radical (unpaired) electrons. The van der Waals surface area contributed by atoms with Gasteiger partial charge in [0.2, 0.25) is 5.91 Å². The molecule has 1 amide bonds. The van der Waals surface area contributed by atoms with E-state index in [0.29, 0.717) is 11.9 Å². The number of rotatable bonds is 2. The van der Waals surface area contributed by atoms with Crippen LogP contribution >= 0.6 is 12.4 Å². The van der Waals surface area contributed by atoms with E-state index in [1.165, 1.54) is 6.42 Å². The zero-order valence-corrected chi connectivity index (χ0v) is 12.6. The summed E-state index contributed by atoms with van der Waals surface area (Å²) >= 11 is 0. The van der Waals surface area contributed by atoms with E-state index in [-0.39, 0.29) is 23.7 Å². The first kappa shape index (κ1) is 16.7. The molecule has 0 aromatic heterocycles. The van der Waals surface area contributed by atoms with Crippen molar-refractivity contribution in [1.82, 2.24) is 10.2 Å². The Balaban J connectivity index is 0.00000256. The molecule has 1 fully saturated rings. The van der Waals surface area contributed by atoms with Gasteiger partial charge in [-0.25, -0.2) is 0 Å².